The van der Waals surface area contributed by atoms with Crippen LogP contribution in [0.3, 0.4) is 0 Å². The zero-order chi connectivity index (χ0) is 17.7. The average molecular weight is 384 g/mol. The van der Waals surface area contributed by atoms with Gasteiger partial charge in [-0.05, 0) is 31.5 Å². The van der Waals surface area contributed by atoms with Gasteiger partial charge in [-0.2, -0.15) is 13.2 Å². The van der Waals surface area contributed by atoms with E-state index in [1.54, 1.807) is 0 Å². The number of carbonyl (C=O) groups is 1. The first-order valence-electron chi connectivity index (χ1n) is 7.26. The molecule has 1 heterocycles. The van der Waals surface area contributed by atoms with Gasteiger partial charge in [-0.3, -0.25) is 14.9 Å². The average Bonchev–Trinajstić information content (AvgIpc) is 2.52. The highest BCUT2D eigenvalue weighted by Gasteiger charge is 2.29. The molecular weight excluding hydrogens is 367 g/mol. The minimum atomic E-state index is -4.54. The Morgan fingerprint density at radius 3 is 2.72 bits per heavy atom. The fourth-order valence-electron chi connectivity index (χ4n) is 2.35. The number of hydrogen-bond acceptors (Lipinski definition) is 5. The smallest absolute Gasteiger partial charge is 0.422 e. The molecule has 0 spiro atoms. The van der Waals surface area contributed by atoms with Gasteiger partial charge in [-0.1, -0.05) is 0 Å². The monoisotopic (exact) mass is 383 g/mol. The number of nitrogens with one attached hydrogen (secondary N) is 2. The van der Waals surface area contributed by atoms with Crippen LogP contribution in [-0.2, 0) is 0 Å². The van der Waals surface area contributed by atoms with E-state index >= 15 is 0 Å². The Morgan fingerprint density at radius 2 is 2.16 bits per heavy atom. The molecule has 7 nitrogen and oxygen atoms in total. The van der Waals surface area contributed by atoms with E-state index in [0.29, 0.717) is 6.54 Å². The molecule has 1 amide bonds. The van der Waals surface area contributed by atoms with E-state index in [9.17, 15) is 28.1 Å². The van der Waals surface area contributed by atoms with Gasteiger partial charge in [-0.15, -0.1) is 12.4 Å². The first-order valence-corrected chi connectivity index (χ1v) is 7.26. The van der Waals surface area contributed by atoms with Crippen LogP contribution in [0.15, 0.2) is 18.2 Å². The summed E-state index contributed by atoms with van der Waals surface area (Å²) in [5.41, 5.74) is -0.819. The third kappa shape index (κ3) is 6.39. The molecule has 140 valence electrons. The molecule has 1 unspecified atom stereocenters. The summed E-state index contributed by atoms with van der Waals surface area (Å²) >= 11 is 0. The van der Waals surface area contributed by atoms with Crippen molar-refractivity contribution in [3.63, 3.8) is 0 Å². The predicted molar refractivity (Wildman–Crippen MR) is 85.3 cm³/mol. The van der Waals surface area contributed by atoms with Gasteiger partial charge in [0.05, 0.1) is 4.92 Å². The van der Waals surface area contributed by atoms with Crippen molar-refractivity contribution in [3.05, 3.63) is 33.9 Å². The van der Waals surface area contributed by atoms with Crippen molar-refractivity contribution >= 4 is 24.0 Å². The molecular formula is C14H17ClF3N3O4. The van der Waals surface area contributed by atoms with E-state index in [-0.39, 0.29) is 29.8 Å². The first kappa shape index (κ1) is 21.0. The van der Waals surface area contributed by atoms with Crippen molar-refractivity contribution in [2.24, 2.45) is 0 Å². The van der Waals surface area contributed by atoms with Crippen molar-refractivity contribution in [3.8, 4) is 5.75 Å². The van der Waals surface area contributed by atoms with E-state index in [1.165, 1.54) is 0 Å². The summed E-state index contributed by atoms with van der Waals surface area (Å²) in [6, 6.07) is 2.75. The maximum atomic E-state index is 12.3. The molecule has 1 saturated heterocycles. The van der Waals surface area contributed by atoms with Crippen molar-refractivity contribution < 1.29 is 27.6 Å². The second-order valence-electron chi connectivity index (χ2n) is 5.36. The van der Waals surface area contributed by atoms with Gasteiger partial charge in [-0.25, -0.2) is 0 Å². The second kappa shape index (κ2) is 8.86. The van der Waals surface area contributed by atoms with Gasteiger partial charge in [0.25, 0.3) is 11.6 Å². The lowest BCUT2D eigenvalue weighted by molar-refractivity contribution is -0.385. The molecule has 11 heteroatoms. The minimum Gasteiger partial charge on any atom is -0.484 e. The number of hydrogen-bond donors (Lipinski definition) is 2. The van der Waals surface area contributed by atoms with E-state index < -0.39 is 29.3 Å². The maximum Gasteiger partial charge on any atom is 0.422 e. The van der Waals surface area contributed by atoms with Gasteiger partial charge in [0.1, 0.15) is 11.3 Å². The SMILES string of the molecule is Cl.O=C(NC1CCCNC1)c1cc(OCC(F)(F)F)ccc1[N+](=O)[O-]. The lowest BCUT2D eigenvalue weighted by atomic mass is 10.1. The molecule has 2 rings (SSSR count). The van der Waals surface area contributed by atoms with Crippen LogP contribution in [0.25, 0.3) is 0 Å². The fraction of sp³-hybridized carbons (Fsp3) is 0.500. The largest absolute Gasteiger partial charge is 0.484 e. The summed E-state index contributed by atoms with van der Waals surface area (Å²) in [4.78, 5) is 22.5. The Balaban J connectivity index is 0.00000312. The zero-order valence-electron chi connectivity index (χ0n) is 13.0. The molecule has 1 aromatic carbocycles. The first-order chi connectivity index (χ1) is 11.3. The minimum absolute atomic E-state index is 0. The van der Waals surface area contributed by atoms with Gasteiger partial charge >= 0.3 is 6.18 Å². The molecule has 1 aromatic rings. The Hall–Kier alpha value is -2.07. The Bertz CT molecular complexity index is 622. The number of amides is 1. The van der Waals surface area contributed by atoms with Crippen LogP contribution < -0.4 is 15.4 Å². The maximum absolute atomic E-state index is 12.3. The van der Waals surface area contributed by atoms with E-state index in [1.807, 2.05) is 0 Å². The molecule has 1 fully saturated rings. The molecule has 0 saturated carbocycles. The van der Waals surface area contributed by atoms with Gasteiger partial charge < -0.3 is 15.4 Å². The molecule has 25 heavy (non-hydrogen) atoms. The molecule has 0 aromatic heterocycles. The van der Waals surface area contributed by atoms with Crippen LogP contribution in [0.4, 0.5) is 18.9 Å². The highest BCUT2D eigenvalue weighted by atomic mass is 35.5. The third-order valence-corrected chi connectivity index (χ3v) is 3.44. The van der Waals surface area contributed by atoms with Crippen molar-refractivity contribution in [2.45, 2.75) is 25.1 Å². The topological polar surface area (TPSA) is 93.5 Å². The molecule has 1 aliphatic rings. The number of rotatable bonds is 5. The van der Waals surface area contributed by atoms with E-state index in [0.717, 1.165) is 37.6 Å². The number of ether oxygens (including phenoxy) is 1. The number of nitrogens with zero attached hydrogens (tertiary/aromatic N) is 1. The quantitative estimate of drug-likeness (QED) is 0.601. The van der Waals surface area contributed by atoms with Crippen LogP contribution in [0.5, 0.6) is 5.75 Å². The number of piperidine rings is 1. The van der Waals surface area contributed by atoms with E-state index in [2.05, 4.69) is 15.4 Å². The number of carbonyl (C=O) groups excluding carboxylic acids is 1. The molecule has 1 aliphatic heterocycles. The molecule has 2 N–H and O–H groups in total. The summed E-state index contributed by atoms with van der Waals surface area (Å²) in [6.07, 6.45) is -2.98. The van der Waals surface area contributed by atoms with Crippen molar-refractivity contribution in [2.75, 3.05) is 19.7 Å². The summed E-state index contributed by atoms with van der Waals surface area (Å²) in [6.45, 7) is -0.185. The third-order valence-electron chi connectivity index (χ3n) is 3.44. The van der Waals surface area contributed by atoms with Crippen LogP contribution in [-0.4, -0.2) is 42.7 Å². The van der Waals surface area contributed by atoms with E-state index in [4.69, 9.17) is 0 Å². The Morgan fingerprint density at radius 1 is 1.44 bits per heavy atom. The lowest BCUT2D eigenvalue weighted by Gasteiger charge is -2.23. The summed E-state index contributed by atoms with van der Waals surface area (Å²) in [7, 11) is 0. The zero-order valence-corrected chi connectivity index (χ0v) is 13.8. The number of nitro benzene ring substituents is 1. The number of benzene rings is 1. The van der Waals surface area contributed by atoms with Crippen LogP contribution >= 0.6 is 12.4 Å². The summed E-state index contributed by atoms with van der Waals surface area (Å²) in [5, 5.41) is 16.8. The number of halogens is 4. The number of alkyl halides is 3. The second-order valence-corrected chi connectivity index (χ2v) is 5.36. The molecule has 0 aliphatic carbocycles. The number of nitro groups is 1. The highest BCUT2D eigenvalue weighted by Crippen LogP contribution is 2.26. The summed E-state index contributed by atoms with van der Waals surface area (Å²) < 4.78 is 41.1. The van der Waals surface area contributed by atoms with Crippen molar-refractivity contribution in [1.29, 1.82) is 0 Å². The normalized spacial score (nSPS) is 17.3. The summed E-state index contributed by atoms with van der Waals surface area (Å²) in [5.74, 6) is -0.974. The van der Waals surface area contributed by atoms with Crippen molar-refractivity contribution in [1.82, 2.24) is 10.6 Å². The van der Waals surface area contributed by atoms with Crippen LogP contribution in [0.1, 0.15) is 23.2 Å². The van der Waals surface area contributed by atoms with Crippen LogP contribution in [0.2, 0.25) is 0 Å². The fourth-order valence-corrected chi connectivity index (χ4v) is 2.35. The highest BCUT2D eigenvalue weighted by molar-refractivity contribution is 5.98. The molecule has 1 atom stereocenters. The van der Waals surface area contributed by atoms with Gasteiger partial charge in [0.15, 0.2) is 6.61 Å². The molecule has 0 radical (unpaired) electrons. The Kier molecular flexibility index (Phi) is 7.43. The Labute approximate surface area is 147 Å². The standard InChI is InChI=1S/C14H16F3N3O4.ClH/c15-14(16,17)8-24-10-3-4-12(20(22)23)11(6-10)13(21)19-9-2-1-5-18-7-9;/h3-4,6,9,18H,1-2,5,7-8H2,(H,19,21);1H. The van der Waals surface area contributed by atoms with Crippen LogP contribution in [0, 0.1) is 10.1 Å². The molecule has 0 bridgehead atoms. The van der Waals surface area contributed by atoms with Gasteiger partial charge in [0, 0.05) is 18.7 Å². The lowest BCUT2D eigenvalue weighted by Crippen LogP contribution is -2.45. The predicted octanol–water partition coefficient (Wildman–Crippen LogP) is 2.44. The van der Waals surface area contributed by atoms with Gasteiger partial charge in [0.2, 0.25) is 0 Å².